The SMILES string of the molecule is CCNCC(C)S(=O)(=O)NC1CCC(C)C1. The maximum Gasteiger partial charge on any atom is 0.215 e. The van der Waals surface area contributed by atoms with E-state index in [1.54, 1.807) is 6.92 Å². The summed E-state index contributed by atoms with van der Waals surface area (Å²) in [6, 6.07) is 0.157. The molecule has 0 amide bonds. The predicted octanol–water partition coefficient (Wildman–Crippen LogP) is 1.09. The topological polar surface area (TPSA) is 58.2 Å². The van der Waals surface area contributed by atoms with E-state index in [0.29, 0.717) is 12.5 Å². The summed E-state index contributed by atoms with van der Waals surface area (Å²) in [5.74, 6) is 0.650. The molecule has 96 valence electrons. The van der Waals surface area contributed by atoms with E-state index >= 15 is 0 Å². The Morgan fingerprint density at radius 2 is 2.06 bits per heavy atom. The van der Waals surface area contributed by atoms with Gasteiger partial charge >= 0.3 is 0 Å². The molecule has 0 aromatic carbocycles. The lowest BCUT2D eigenvalue weighted by atomic mass is 10.1. The van der Waals surface area contributed by atoms with Gasteiger partial charge in [0, 0.05) is 12.6 Å². The van der Waals surface area contributed by atoms with Gasteiger partial charge in [0.05, 0.1) is 5.25 Å². The number of nitrogens with one attached hydrogen (secondary N) is 2. The first-order valence-corrected chi connectivity index (χ1v) is 7.72. The van der Waals surface area contributed by atoms with Gasteiger partial charge < -0.3 is 5.32 Å². The second kappa shape index (κ2) is 5.98. The van der Waals surface area contributed by atoms with Crippen molar-refractivity contribution in [3.05, 3.63) is 0 Å². The summed E-state index contributed by atoms with van der Waals surface area (Å²) in [6.45, 7) is 7.24. The zero-order chi connectivity index (χ0) is 12.2. The molecule has 4 nitrogen and oxygen atoms in total. The second-order valence-corrected chi connectivity index (χ2v) is 7.03. The smallest absolute Gasteiger partial charge is 0.215 e. The maximum atomic E-state index is 11.9. The van der Waals surface area contributed by atoms with Crippen LogP contribution in [0.4, 0.5) is 0 Å². The molecule has 3 atom stereocenters. The molecule has 2 N–H and O–H groups in total. The van der Waals surface area contributed by atoms with Crippen molar-refractivity contribution in [3.8, 4) is 0 Å². The van der Waals surface area contributed by atoms with Crippen LogP contribution in [0.5, 0.6) is 0 Å². The molecule has 0 spiro atoms. The third-order valence-electron chi connectivity index (χ3n) is 3.24. The first-order chi connectivity index (χ1) is 7.45. The summed E-state index contributed by atoms with van der Waals surface area (Å²) in [6.07, 6.45) is 3.09. The molecule has 0 saturated heterocycles. The predicted molar refractivity (Wildman–Crippen MR) is 66.9 cm³/mol. The van der Waals surface area contributed by atoms with Crippen molar-refractivity contribution in [1.29, 1.82) is 0 Å². The van der Waals surface area contributed by atoms with Crippen LogP contribution < -0.4 is 10.0 Å². The van der Waals surface area contributed by atoms with Gasteiger partial charge in [-0.3, -0.25) is 0 Å². The molecule has 0 radical (unpaired) electrons. The lowest BCUT2D eigenvalue weighted by Crippen LogP contribution is -2.42. The lowest BCUT2D eigenvalue weighted by Gasteiger charge is -2.18. The van der Waals surface area contributed by atoms with E-state index in [1.807, 2.05) is 6.92 Å². The Kier molecular flexibility index (Phi) is 5.21. The molecule has 3 unspecified atom stereocenters. The average Bonchev–Trinajstić information content (AvgIpc) is 2.59. The first-order valence-electron chi connectivity index (χ1n) is 6.17. The first kappa shape index (κ1) is 13.9. The van der Waals surface area contributed by atoms with Crippen molar-refractivity contribution in [2.75, 3.05) is 13.1 Å². The van der Waals surface area contributed by atoms with Crippen molar-refractivity contribution < 1.29 is 8.42 Å². The lowest BCUT2D eigenvalue weighted by molar-refractivity contribution is 0.525. The summed E-state index contributed by atoms with van der Waals surface area (Å²) < 4.78 is 26.7. The van der Waals surface area contributed by atoms with Crippen LogP contribution in [0.1, 0.15) is 40.0 Å². The van der Waals surface area contributed by atoms with Crippen molar-refractivity contribution >= 4 is 10.0 Å². The summed E-state index contributed by atoms with van der Waals surface area (Å²) >= 11 is 0. The Bertz CT molecular complexity index is 303. The quantitative estimate of drug-likeness (QED) is 0.740. The minimum absolute atomic E-state index is 0.157. The fourth-order valence-electron chi connectivity index (χ4n) is 2.12. The molecule has 1 rings (SSSR count). The maximum absolute atomic E-state index is 11.9. The van der Waals surface area contributed by atoms with Gasteiger partial charge in [-0.05, 0) is 38.6 Å². The highest BCUT2D eigenvalue weighted by molar-refractivity contribution is 7.90. The minimum Gasteiger partial charge on any atom is -0.316 e. The molecule has 1 aliphatic carbocycles. The van der Waals surface area contributed by atoms with Crippen molar-refractivity contribution in [2.45, 2.75) is 51.3 Å². The number of rotatable bonds is 6. The molecular formula is C11H24N2O2S. The highest BCUT2D eigenvalue weighted by Crippen LogP contribution is 2.25. The molecular weight excluding hydrogens is 224 g/mol. The second-order valence-electron chi connectivity index (χ2n) is 4.90. The Morgan fingerprint density at radius 3 is 2.56 bits per heavy atom. The van der Waals surface area contributed by atoms with Crippen LogP contribution in [0, 0.1) is 5.92 Å². The molecule has 0 aromatic rings. The third kappa shape index (κ3) is 4.03. The minimum atomic E-state index is -3.15. The van der Waals surface area contributed by atoms with Gasteiger partial charge in [-0.2, -0.15) is 0 Å². The van der Waals surface area contributed by atoms with Crippen LogP contribution >= 0.6 is 0 Å². The van der Waals surface area contributed by atoms with Gasteiger partial charge in [-0.15, -0.1) is 0 Å². The van der Waals surface area contributed by atoms with Gasteiger partial charge in [-0.1, -0.05) is 13.8 Å². The standard InChI is InChI=1S/C11H24N2O2S/c1-4-12-8-10(3)16(14,15)13-11-6-5-9(2)7-11/h9-13H,4-8H2,1-3H3. The monoisotopic (exact) mass is 248 g/mol. The van der Waals surface area contributed by atoms with Gasteiger partial charge in [-0.25, -0.2) is 13.1 Å². The molecule has 0 bridgehead atoms. The Balaban J connectivity index is 2.44. The molecule has 1 saturated carbocycles. The summed E-state index contributed by atoms with van der Waals surface area (Å²) in [5, 5.41) is 2.71. The van der Waals surface area contributed by atoms with Gasteiger partial charge in [0.2, 0.25) is 10.0 Å². The van der Waals surface area contributed by atoms with Gasteiger partial charge in [0.1, 0.15) is 0 Å². The van der Waals surface area contributed by atoms with Crippen molar-refractivity contribution in [2.24, 2.45) is 5.92 Å². The summed E-state index contributed by atoms with van der Waals surface area (Å²) in [7, 11) is -3.15. The molecule has 0 aliphatic heterocycles. The fourth-order valence-corrected chi connectivity index (χ4v) is 3.37. The Hall–Kier alpha value is -0.130. The summed E-state index contributed by atoms with van der Waals surface area (Å²) in [4.78, 5) is 0. The Labute approximate surface area is 99.2 Å². The molecule has 0 aromatic heterocycles. The molecule has 1 fully saturated rings. The highest BCUT2D eigenvalue weighted by atomic mass is 32.2. The third-order valence-corrected chi connectivity index (χ3v) is 5.13. The largest absolute Gasteiger partial charge is 0.316 e. The zero-order valence-electron chi connectivity index (χ0n) is 10.5. The number of hydrogen-bond donors (Lipinski definition) is 2. The van der Waals surface area contributed by atoms with E-state index in [9.17, 15) is 8.42 Å². The molecule has 0 heterocycles. The van der Waals surface area contributed by atoms with E-state index < -0.39 is 10.0 Å². The fraction of sp³-hybridized carbons (Fsp3) is 1.00. The molecule has 5 heteroatoms. The van der Waals surface area contributed by atoms with E-state index in [4.69, 9.17) is 0 Å². The number of sulfonamides is 1. The van der Waals surface area contributed by atoms with Crippen LogP contribution in [0.3, 0.4) is 0 Å². The van der Waals surface area contributed by atoms with E-state index in [-0.39, 0.29) is 11.3 Å². The Morgan fingerprint density at radius 1 is 1.38 bits per heavy atom. The van der Waals surface area contributed by atoms with Gasteiger partial charge in [0.25, 0.3) is 0 Å². The van der Waals surface area contributed by atoms with Crippen LogP contribution in [0.25, 0.3) is 0 Å². The van der Waals surface area contributed by atoms with Crippen LogP contribution in [-0.2, 0) is 10.0 Å². The van der Waals surface area contributed by atoms with Crippen LogP contribution in [0.15, 0.2) is 0 Å². The van der Waals surface area contributed by atoms with Gasteiger partial charge in [0.15, 0.2) is 0 Å². The molecule has 1 aliphatic rings. The van der Waals surface area contributed by atoms with Crippen molar-refractivity contribution in [1.82, 2.24) is 10.0 Å². The van der Waals surface area contributed by atoms with E-state index in [1.165, 1.54) is 0 Å². The average molecular weight is 248 g/mol. The van der Waals surface area contributed by atoms with Crippen LogP contribution in [0.2, 0.25) is 0 Å². The zero-order valence-corrected chi connectivity index (χ0v) is 11.3. The highest BCUT2D eigenvalue weighted by Gasteiger charge is 2.28. The van der Waals surface area contributed by atoms with Crippen LogP contribution in [-0.4, -0.2) is 32.8 Å². The van der Waals surface area contributed by atoms with Crippen molar-refractivity contribution in [3.63, 3.8) is 0 Å². The van der Waals surface area contributed by atoms with E-state index in [0.717, 1.165) is 25.8 Å². The van der Waals surface area contributed by atoms with E-state index in [2.05, 4.69) is 17.0 Å². The number of hydrogen-bond acceptors (Lipinski definition) is 3. The normalized spacial score (nSPS) is 28.2. The molecule has 16 heavy (non-hydrogen) atoms. The summed E-state index contributed by atoms with van der Waals surface area (Å²) in [5.41, 5.74) is 0.